The highest BCUT2D eigenvalue weighted by Gasteiger charge is 2.25. The first-order valence-corrected chi connectivity index (χ1v) is 5.59. The van der Waals surface area contributed by atoms with E-state index in [1.807, 2.05) is 24.3 Å². The Balaban J connectivity index is 2.25. The van der Waals surface area contributed by atoms with Gasteiger partial charge in [0.05, 0.1) is 6.10 Å². The van der Waals surface area contributed by atoms with Crippen LogP contribution < -0.4 is 0 Å². The van der Waals surface area contributed by atoms with Crippen molar-refractivity contribution < 1.29 is 5.11 Å². The lowest BCUT2D eigenvalue weighted by molar-refractivity contribution is 0.106. The molecule has 14 heavy (non-hydrogen) atoms. The summed E-state index contributed by atoms with van der Waals surface area (Å²) in [5.74, 6) is 0.248. The summed E-state index contributed by atoms with van der Waals surface area (Å²) in [6.07, 6.45) is 4.11. The standard InChI is InChI=1S/C12H15ClO/c13-11-7-3-1-5-9(11)10-6-2-4-8-12(10)14/h1,3,5,7,10,12,14H,2,4,6,8H2/t10-,12-/m1/s1. The van der Waals surface area contributed by atoms with Crippen LogP contribution in [0, 0.1) is 0 Å². The average Bonchev–Trinajstić information content (AvgIpc) is 2.20. The zero-order valence-corrected chi connectivity index (χ0v) is 8.87. The van der Waals surface area contributed by atoms with Gasteiger partial charge in [-0.1, -0.05) is 42.6 Å². The first-order valence-electron chi connectivity index (χ1n) is 5.21. The predicted octanol–water partition coefficient (Wildman–Crippen LogP) is 3.36. The number of benzene rings is 1. The monoisotopic (exact) mass is 210 g/mol. The molecular formula is C12H15ClO. The third kappa shape index (κ3) is 1.94. The van der Waals surface area contributed by atoms with Gasteiger partial charge in [-0.15, -0.1) is 0 Å². The average molecular weight is 211 g/mol. The number of rotatable bonds is 1. The van der Waals surface area contributed by atoms with Gasteiger partial charge in [0.1, 0.15) is 0 Å². The highest BCUT2D eigenvalue weighted by Crippen LogP contribution is 2.36. The molecule has 1 aromatic carbocycles. The van der Waals surface area contributed by atoms with Gasteiger partial charge in [-0.05, 0) is 24.5 Å². The molecule has 2 rings (SSSR count). The molecule has 0 unspecified atom stereocenters. The summed E-state index contributed by atoms with van der Waals surface area (Å²) in [6.45, 7) is 0. The Hall–Kier alpha value is -0.530. The van der Waals surface area contributed by atoms with Gasteiger partial charge in [-0.25, -0.2) is 0 Å². The number of hydrogen-bond acceptors (Lipinski definition) is 1. The summed E-state index contributed by atoms with van der Waals surface area (Å²) in [5, 5.41) is 10.7. The van der Waals surface area contributed by atoms with Gasteiger partial charge in [0, 0.05) is 10.9 Å². The molecule has 0 spiro atoms. The maximum atomic E-state index is 9.89. The van der Waals surface area contributed by atoms with Crippen LogP contribution in [0.4, 0.5) is 0 Å². The van der Waals surface area contributed by atoms with Crippen molar-refractivity contribution in [2.75, 3.05) is 0 Å². The van der Waals surface area contributed by atoms with E-state index in [1.165, 1.54) is 6.42 Å². The van der Waals surface area contributed by atoms with Crippen molar-refractivity contribution in [3.05, 3.63) is 34.9 Å². The quantitative estimate of drug-likeness (QED) is 0.754. The topological polar surface area (TPSA) is 20.2 Å². The molecule has 0 bridgehead atoms. The van der Waals surface area contributed by atoms with Gasteiger partial charge < -0.3 is 5.11 Å². The van der Waals surface area contributed by atoms with Crippen LogP contribution in [-0.2, 0) is 0 Å². The van der Waals surface area contributed by atoms with Gasteiger partial charge in [-0.3, -0.25) is 0 Å². The first kappa shape index (κ1) is 10.0. The van der Waals surface area contributed by atoms with Crippen LogP contribution >= 0.6 is 11.6 Å². The number of aliphatic hydroxyl groups excluding tert-OH is 1. The second kappa shape index (κ2) is 4.33. The minimum Gasteiger partial charge on any atom is -0.392 e. The molecular weight excluding hydrogens is 196 g/mol. The first-order chi connectivity index (χ1) is 6.79. The van der Waals surface area contributed by atoms with Gasteiger partial charge in [0.15, 0.2) is 0 Å². The van der Waals surface area contributed by atoms with E-state index in [0.29, 0.717) is 0 Å². The van der Waals surface area contributed by atoms with Crippen LogP contribution in [0.15, 0.2) is 24.3 Å². The maximum Gasteiger partial charge on any atom is 0.0609 e. The van der Waals surface area contributed by atoms with E-state index in [1.54, 1.807) is 0 Å². The Kier molecular flexibility index (Phi) is 3.09. The van der Waals surface area contributed by atoms with E-state index in [-0.39, 0.29) is 12.0 Å². The van der Waals surface area contributed by atoms with E-state index >= 15 is 0 Å². The van der Waals surface area contributed by atoms with Crippen LogP contribution in [0.5, 0.6) is 0 Å². The lowest BCUT2D eigenvalue weighted by Crippen LogP contribution is -2.22. The van der Waals surface area contributed by atoms with Gasteiger partial charge in [0.2, 0.25) is 0 Å². The summed E-state index contributed by atoms with van der Waals surface area (Å²) in [4.78, 5) is 0. The van der Waals surface area contributed by atoms with E-state index < -0.39 is 0 Å². The second-order valence-corrected chi connectivity index (χ2v) is 4.39. The molecule has 0 saturated heterocycles. The molecule has 1 aliphatic rings. The molecule has 0 aliphatic heterocycles. The molecule has 1 saturated carbocycles. The van der Waals surface area contributed by atoms with Crippen molar-refractivity contribution in [1.29, 1.82) is 0 Å². The van der Waals surface area contributed by atoms with Crippen molar-refractivity contribution in [2.45, 2.75) is 37.7 Å². The normalized spacial score (nSPS) is 27.6. The Morgan fingerprint density at radius 2 is 1.86 bits per heavy atom. The van der Waals surface area contributed by atoms with Crippen molar-refractivity contribution >= 4 is 11.6 Å². The van der Waals surface area contributed by atoms with Crippen LogP contribution in [-0.4, -0.2) is 11.2 Å². The van der Waals surface area contributed by atoms with E-state index in [9.17, 15) is 5.11 Å². The third-order valence-electron chi connectivity index (χ3n) is 3.03. The van der Waals surface area contributed by atoms with Crippen LogP contribution in [0.1, 0.15) is 37.2 Å². The van der Waals surface area contributed by atoms with Gasteiger partial charge in [-0.2, -0.15) is 0 Å². The second-order valence-electron chi connectivity index (χ2n) is 3.98. The molecule has 1 aliphatic carbocycles. The summed E-state index contributed by atoms with van der Waals surface area (Å²) in [6, 6.07) is 7.85. The fourth-order valence-corrected chi connectivity index (χ4v) is 2.53. The van der Waals surface area contributed by atoms with Crippen LogP contribution in [0.3, 0.4) is 0 Å². The molecule has 0 aromatic heterocycles. The summed E-state index contributed by atoms with van der Waals surface area (Å²) < 4.78 is 0. The van der Waals surface area contributed by atoms with E-state index in [4.69, 9.17) is 11.6 Å². The number of halogens is 1. The minimum absolute atomic E-state index is 0.205. The third-order valence-corrected chi connectivity index (χ3v) is 3.38. The summed E-state index contributed by atoms with van der Waals surface area (Å²) in [7, 11) is 0. The van der Waals surface area contributed by atoms with Gasteiger partial charge >= 0.3 is 0 Å². The van der Waals surface area contributed by atoms with E-state index in [0.717, 1.165) is 29.8 Å². The van der Waals surface area contributed by atoms with Crippen LogP contribution in [0.25, 0.3) is 0 Å². The Morgan fingerprint density at radius 1 is 1.14 bits per heavy atom. The molecule has 0 amide bonds. The van der Waals surface area contributed by atoms with Crippen molar-refractivity contribution in [3.63, 3.8) is 0 Å². The lowest BCUT2D eigenvalue weighted by Gasteiger charge is -2.28. The Labute approximate surface area is 89.7 Å². The highest BCUT2D eigenvalue weighted by atomic mass is 35.5. The van der Waals surface area contributed by atoms with Crippen molar-refractivity contribution in [1.82, 2.24) is 0 Å². The predicted molar refractivity (Wildman–Crippen MR) is 58.7 cm³/mol. The fourth-order valence-electron chi connectivity index (χ4n) is 2.25. The molecule has 1 nitrogen and oxygen atoms in total. The smallest absolute Gasteiger partial charge is 0.0609 e. The molecule has 1 fully saturated rings. The maximum absolute atomic E-state index is 9.89. The minimum atomic E-state index is -0.205. The highest BCUT2D eigenvalue weighted by molar-refractivity contribution is 6.31. The number of aliphatic hydroxyl groups is 1. The zero-order chi connectivity index (χ0) is 9.97. The van der Waals surface area contributed by atoms with Crippen molar-refractivity contribution in [3.8, 4) is 0 Å². The lowest BCUT2D eigenvalue weighted by atomic mass is 9.82. The summed E-state index contributed by atoms with van der Waals surface area (Å²) in [5.41, 5.74) is 1.11. The fraction of sp³-hybridized carbons (Fsp3) is 0.500. The zero-order valence-electron chi connectivity index (χ0n) is 8.12. The molecule has 2 heteroatoms. The molecule has 2 atom stereocenters. The Morgan fingerprint density at radius 3 is 2.57 bits per heavy atom. The summed E-state index contributed by atoms with van der Waals surface area (Å²) >= 11 is 6.11. The Bertz CT molecular complexity index is 311. The van der Waals surface area contributed by atoms with Crippen molar-refractivity contribution in [2.24, 2.45) is 0 Å². The molecule has 0 heterocycles. The van der Waals surface area contributed by atoms with Gasteiger partial charge in [0.25, 0.3) is 0 Å². The molecule has 1 N–H and O–H groups in total. The SMILES string of the molecule is O[C@@H]1CCCC[C@@H]1c1ccccc1Cl. The largest absolute Gasteiger partial charge is 0.392 e. The number of hydrogen-bond donors (Lipinski definition) is 1. The molecule has 76 valence electrons. The van der Waals surface area contributed by atoms with Crippen LogP contribution in [0.2, 0.25) is 5.02 Å². The molecule has 1 aromatic rings. The molecule has 0 radical (unpaired) electrons. The van der Waals surface area contributed by atoms with E-state index in [2.05, 4.69) is 0 Å².